The highest BCUT2D eigenvalue weighted by Crippen LogP contribution is 2.15. The standard InChI is InChI=1S/C13H19FN2/c1-10-3-4-13(14)7-12(10)9-16-6-5-15-8-11(16)2/h3-4,7,11,15H,5-6,8-9H2,1-2H3/t11-/m1/s1. The number of benzene rings is 1. The highest BCUT2D eigenvalue weighted by Gasteiger charge is 2.18. The van der Waals surface area contributed by atoms with Crippen molar-refractivity contribution < 1.29 is 4.39 Å². The summed E-state index contributed by atoms with van der Waals surface area (Å²) in [5.41, 5.74) is 2.28. The number of nitrogens with zero attached hydrogens (tertiary/aromatic N) is 1. The van der Waals surface area contributed by atoms with Gasteiger partial charge in [0.2, 0.25) is 0 Å². The van der Waals surface area contributed by atoms with Crippen molar-refractivity contribution in [2.24, 2.45) is 0 Å². The molecule has 0 aliphatic carbocycles. The molecule has 0 radical (unpaired) electrons. The van der Waals surface area contributed by atoms with Crippen LogP contribution in [0.5, 0.6) is 0 Å². The summed E-state index contributed by atoms with van der Waals surface area (Å²) in [4.78, 5) is 2.40. The van der Waals surface area contributed by atoms with Crippen molar-refractivity contribution in [1.29, 1.82) is 0 Å². The number of rotatable bonds is 2. The summed E-state index contributed by atoms with van der Waals surface area (Å²) < 4.78 is 13.2. The smallest absolute Gasteiger partial charge is 0.123 e. The zero-order valence-corrected chi connectivity index (χ0v) is 9.96. The van der Waals surface area contributed by atoms with Gasteiger partial charge in [0.1, 0.15) is 5.82 Å². The molecule has 0 bridgehead atoms. The van der Waals surface area contributed by atoms with Crippen molar-refractivity contribution in [1.82, 2.24) is 10.2 Å². The van der Waals surface area contributed by atoms with Crippen molar-refractivity contribution in [2.75, 3.05) is 19.6 Å². The minimum Gasteiger partial charge on any atom is -0.314 e. The Hall–Kier alpha value is -0.930. The molecular formula is C13H19FN2. The summed E-state index contributed by atoms with van der Waals surface area (Å²) >= 11 is 0. The van der Waals surface area contributed by atoms with Crippen LogP contribution >= 0.6 is 0 Å². The third-order valence-electron chi connectivity index (χ3n) is 3.32. The van der Waals surface area contributed by atoms with E-state index in [1.54, 1.807) is 6.07 Å². The van der Waals surface area contributed by atoms with Crippen LogP contribution < -0.4 is 5.32 Å². The Morgan fingerprint density at radius 2 is 2.31 bits per heavy atom. The molecule has 0 spiro atoms. The second-order valence-corrected chi connectivity index (χ2v) is 4.59. The summed E-state index contributed by atoms with van der Waals surface area (Å²) in [6.07, 6.45) is 0. The van der Waals surface area contributed by atoms with Gasteiger partial charge in [-0.05, 0) is 37.1 Å². The van der Waals surface area contributed by atoms with Crippen molar-refractivity contribution >= 4 is 0 Å². The Bertz CT molecular complexity index is 365. The Morgan fingerprint density at radius 3 is 3.06 bits per heavy atom. The third kappa shape index (κ3) is 2.60. The number of aryl methyl sites for hydroxylation is 1. The SMILES string of the molecule is Cc1ccc(F)cc1CN1CCNC[C@H]1C. The second-order valence-electron chi connectivity index (χ2n) is 4.59. The van der Waals surface area contributed by atoms with Gasteiger partial charge in [-0.2, -0.15) is 0 Å². The van der Waals surface area contributed by atoms with E-state index in [0.29, 0.717) is 6.04 Å². The fraction of sp³-hybridized carbons (Fsp3) is 0.538. The predicted octanol–water partition coefficient (Wildman–Crippen LogP) is 1.93. The van der Waals surface area contributed by atoms with Crippen LogP contribution in [0.4, 0.5) is 4.39 Å². The Labute approximate surface area is 96.5 Å². The van der Waals surface area contributed by atoms with Gasteiger partial charge in [0.15, 0.2) is 0 Å². The van der Waals surface area contributed by atoms with Crippen LogP contribution in [0.1, 0.15) is 18.1 Å². The van der Waals surface area contributed by atoms with Gasteiger partial charge in [-0.1, -0.05) is 6.07 Å². The Kier molecular flexibility index (Phi) is 3.56. The van der Waals surface area contributed by atoms with Gasteiger partial charge in [0, 0.05) is 32.2 Å². The van der Waals surface area contributed by atoms with E-state index in [9.17, 15) is 4.39 Å². The second kappa shape index (κ2) is 4.93. The molecule has 1 atom stereocenters. The van der Waals surface area contributed by atoms with Crippen molar-refractivity contribution in [3.05, 3.63) is 35.1 Å². The average Bonchev–Trinajstić information content (AvgIpc) is 2.27. The van der Waals surface area contributed by atoms with Crippen LogP contribution in [0.3, 0.4) is 0 Å². The number of hydrogen-bond donors (Lipinski definition) is 1. The van der Waals surface area contributed by atoms with Crippen molar-refractivity contribution in [2.45, 2.75) is 26.4 Å². The largest absolute Gasteiger partial charge is 0.314 e. The molecule has 1 saturated heterocycles. The van der Waals surface area contributed by atoms with Crippen LogP contribution in [0.25, 0.3) is 0 Å². The Morgan fingerprint density at radius 1 is 1.50 bits per heavy atom. The van der Waals surface area contributed by atoms with Crippen molar-refractivity contribution in [3.63, 3.8) is 0 Å². The number of hydrogen-bond acceptors (Lipinski definition) is 2. The quantitative estimate of drug-likeness (QED) is 0.822. The fourth-order valence-electron chi connectivity index (χ4n) is 2.15. The minimum absolute atomic E-state index is 0.136. The van der Waals surface area contributed by atoms with E-state index in [2.05, 4.69) is 17.1 Å². The molecular weight excluding hydrogens is 203 g/mol. The van der Waals surface area contributed by atoms with Crippen LogP contribution in [-0.2, 0) is 6.54 Å². The molecule has 0 unspecified atom stereocenters. The van der Waals surface area contributed by atoms with E-state index in [0.717, 1.165) is 31.7 Å². The summed E-state index contributed by atoms with van der Waals surface area (Å²) in [5.74, 6) is -0.136. The topological polar surface area (TPSA) is 15.3 Å². The summed E-state index contributed by atoms with van der Waals surface area (Å²) in [5, 5.41) is 3.36. The van der Waals surface area contributed by atoms with Gasteiger partial charge >= 0.3 is 0 Å². The molecule has 1 aromatic carbocycles. The molecule has 0 amide bonds. The molecule has 1 aromatic rings. The average molecular weight is 222 g/mol. The first-order valence-electron chi connectivity index (χ1n) is 5.86. The lowest BCUT2D eigenvalue weighted by Crippen LogP contribution is -2.49. The highest BCUT2D eigenvalue weighted by molar-refractivity contribution is 5.26. The summed E-state index contributed by atoms with van der Waals surface area (Å²) in [6.45, 7) is 8.19. The van der Waals surface area contributed by atoms with Gasteiger partial charge in [-0.25, -0.2) is 4.39 Å². The van der Waals surface area contributed by atoms with Gasteiger partial charge in [0.05, 0.1) is 0 Å². The molecule has 0 saturated carbocycles. The molecule has 2 rings (SSSR count). The molecule has 16 heavy (non-hydrogen) atoms. The Balaban J connectivity index is 2.10. The molecule has 1 aliphatic rings. The molecule has 1 heterocycles. The number of halogens is 1. The lowest BCUT2D eigenvalue weighted by atomic mass is 10.1. The molecule has 2 nitrogen and oxygen atoms in total. The maximum Gasteiger partial charge on any atom is 0.123 e. The predicted molar refractivity (Wildman–Crippen MR) is 63.9 cm³/mol. The molecule has 1 aliphatic heterocycles. The van der Waals surface area contributed by atoms with Crippen LogP contribution in [0.15, 0.2) is 18.2 Å². The maximum absolute atomic E-state index is 13.2. The van der Waals surface area contributed by atoms with E-state index in [-0.39, 0.29) is 5.82 Å². The fourth-order valence-corrected chi connectivity index (χ4v) is 2.15. The van der Waals surface area contributed by atoms with E-state index < -0.39 is 0 Å². The monoisotopic (exact) mass is 222 g/mol. The molecule has 1 N–H and O–H groups in total. The van der Waals surface area contributed by atoms with Crippen LogP contribution in [-0.4, -0.2) is 30.6 Å². The lowest BCUT2D eigenvalue weighted by molar-refractivity contribution is 0.165. The zero-order valence-electron chi connectivity index (χ0n) is 9.96. The molecule has 3 heteroatoms. The maximum atomic E-state index is 13.2. The first-order chi connectivity index (χ1) is 7.66. The van der Waals surface area contributed by atoms with E-state index in [4.69, 9.17) is 0 Å². The highest BCUT2D eigenvalue weighted by atomic mass is 19.1. The zero-order chi connectivity index (χ0) is 11.5. The first-order valence-corrected chi connectivity index (χ1v) is 5.86. The summed E-state index contributed by atoms with van der Waals surface area (Å²) in [6, 6.07) is 5.57. The minimum atomic E-state index is -0.136. The van der Waals surface area contributed by atoms with Crippen molar-refractivity contribution in [3.8, 4) is 0 Å². The van der Waals surface area contributed by atoms with E-state index in [1.165, 1.54) is 11.6 Å². The van der Waals surface area contributed by atoms with E-state index >= 15 is 0 Å². The lowest BCUT2D eigenvalue weighted by Gasteiger charge is -2.34. The molecule has 1 fully saturated rings. The van der Waals surface area contributed by atoms with Gasteiger partial charge < -0.3 is 5.32 Å². The van der Waals surface area contributed by atoms with E-state index in [1.807, 2.05) is 13.0 Å². The van der Waals surface area contributed by atoms with Gasteiger partial charge in [-0.15, -0.1) is 0 Å². The first kappa shape index (κ1) is 11.6. The summed E-state index contributed by atoms with van der Waals surface area (Å²) in [7, 11) is 0. The number of nitrogens with one attached hydrogen (secondary N) is 1. The van der Waals surface area contributed by atoms with Crippen LogP contribution in [0, 0.1) is 12.7 Å². The van der Waals surface area contributed by atoms with Gasteiger partial charge in [-0.3, -0.25) is 4.90 Å². The third-order valence-corrected chi connectivity index (χ3v) is 3.32. The van der Waals surface area contributed by atoms with Gasteiger partial charge in [0.25, 0.3) is 0 Å². The molecule has 0 aromatic heterocycles. The van der Waals surface area contributed by atoms with Crippen LogP contribution in [0.2, 0.25) is 0 Å². The number of piperazine rings is 1. The molecule has 88 valence electrons. The normalized spacial score (nSPS) is 22.3.